The van der Waals surface area contributed by atoms with Crippen LogP contribution >= 0.6 is 0 Å². The van der Waals surface area contributed by atoms with Gasteiger partial charge in [0.05, 0.1) is 12.3 Å². The number of sulfonamides is 1. The maximum atomic E-state index is 11.4. The SMILES string of the molecule is C#CCN(CC(=O)O)S(=O)(=O)CC=C. The topological polar surface area (TPSA) is 74.7 Å². The van der Waals surface area contributed by atoms with Gasteiger partial charge in [-0.3, -0.25) is 4.79 Å². The highest BCUT2D eigenvalue weighted by Crippen LogP contribution is 2.00. The van der Waals surface area contributed by atoms with Gasteiger partial charge in [-0.15, -0.1) is 13.0 Å². The van der Waals surface area contributed by atoms with Gasteiger partial charge in [-0.05, 0) is 0 Å². The summed E-state index contributed by atoms with van der Waals surface area (Å²) in [5, 5.41) is 8.44. The average Bonchev–Trinajstić information content (AvgIpc) is 2.02. The van der Waals surface area contributed by atoms with Crippen molar-refractivity contribution in [1.29, 1.82) is 0 Å². The molecule has 0 spiro atoms. The minimum absolute atomic E-state index is 0.248. The molecule has 0 aliphatic heterocycles. The highest BCUT2D eigenvalue weighted by Gasteiger charge is 2.21. The molecule has 1 N–H and O–H groups in total. The second-order valence-corrected chi connectivity index (χ2v) is 4.45. The fraction of sp³-hybridized carbons (Fsp3) is 0.375. The van der Waals surface area contributed by atoms with Gasteiger partial charge in [0.15, 0.2) is 0 Å². The molecule has 0 aliphatic carbocycles. The van der Waals surface area contributed by atoms with Crippen LogP contribution in [0.1, 0.15) is 0 Å². The molecule has 0 radical (unpaired) electrons. The summed E-state index contributed by atoms with van der Waals surface area (Å²) in [6.45, 7) is 2.39. The fourth-order valence-corrected chi connectivity index (χ4v) is 1.85. The summed E-state index contributed by atoms with van der Waals surface area (Å²) in [5.74, 6) is 0.527. The van der Waals surface area contributed by atoms with Crippen LogP contribution in [0.2, 0.25) is 0 Å². The van der Waals surface area contributed by atoms with E-state index >= 15 is 0 Å². The van der Waals surface area contributed by atoms with Crippen LogP contribution in [-0.2, 0) is 14.8 Å². The van der Waals surface area contributed by atoms with Gasteiger partial charge in [-0.2, -0.15) is 4.31 Å². The molecule has 14 heavy (non-hydrogen) atoms. The van der Waals surface area contributed by atoms with E-state index in [4.69, 9.17) is 11.5 Å². The lowest BCUT2D eigenvalue weighted by atomic mass is 10.6. The molecular weight excluding hydrogens is 206 g/mol. The lowest BCUT2D eigenvalue weighted by Gasteiger charge is -2.16. The van der Waals surface area contributed by atoms with Crippen molar-refractivity contribution in [2.24, 2.45) is 0 Å². The van der Waals surface area contributed by atoms with E-state index in [9.17, 15) is 13.2 Å². The van der Waals surface area contributed by atoms with E-state index in [0.29, 0.717) is 0 Å². The number of carbonyl (C=O) groups is 1. The first-order chi connectivity index (χ1) is 6.44. The van der Waals surface area contributed by atoms with Gasteiger partial charge < -0.3 is 5.11 Å². The van der Waals surface area contributed by atoms with Crippen molar-refractivity contribution in [2.75, 3.05) is 18.8 Å². The highest BCUT2D eigenvalue weighted by atomic mass is 32.2. The van der Waals surface area contributed by atoms with Crippen LogP contribution in [-0.4, -0.2) is 42.6 Å². The number of terminal acetylenes is 1. The minimum Gasteiger partial charge on any atom is -0.480 e. The van der Waals surface area contributed by atoms with E-state index in [1.165, 1.54) is 6.08 Å². The standard InChI is InChI=1S/C8H11NO4S/c1-3-5-9(7-8(10)11)14(12,13)6-4-2/h1,4H,2,5-7H2,(H,10,11). The first-order valence-corrected chi connectivity index (χ1v) is 5.29. The molecule has 0 aromatic rings. The molecule has 0 saturated heterocycles. The molecule has 0 fully saturated rings. The lowest BCUT2D eigenvalue weighted by Crippen LogP contribution is -2.37. The lowest BCUT2D eigenvalue weighted by molar-refractivity contribution is -0.137. The molecule has 0 atom stereocenters. The molecule has 5 nitrogen and oxygen atoms in total. The molecular formula is C8H11NO4S. The van der Waals surface area contributed by atoms with Crippen molar-refractivity contribution < 1.29 is 18.3 Å². The highest BCUT2D eigenvalue weighted by molar-refractivity contribution is 7.89. The van der Waals surface area contributed by atoms with Crippen molar-refractivity contribution in [3.05, 3.63) is 12.7 Å². The van der Waals surface area contributed by atoms with Gasteiger partial charge in [0.1, 0.15) is 6.54 Å². The van der Waals surface area contributed by atoms with Gasteiger partial charge in [-0.1, -0.05) is 12.0 Å². The molecule has 0 aliphatic rings. The molecule has 78 valence electrons. The molecule has 0 rings (SSSR count). The summed E-state index contributed by atoms with van der Waals surface area (Å²) in [7, 11) is -3.64. The maximum absolute atomic E-state index is 11.4. The van der Waals surface area contributed by atoms with Crippen molar-refractivity contribution in [1.82, 2.24) is 4.31 Å². The first-order valence-electron chi connectivity index (χ1n) is 3.68. The summed E-state index contributed by atoms with van der Waals surface area (Å²) < 4.78 is 23.4. The smallest absolute Gasteiger partial charge is 0.318 e. The Bertz CT molecular complexity index is 352. The van der Waals surface area contributed by atoms with E-state index in [1.54, 1.807) is 0 Å². The number of nitrogens with zero attached hydrogens (tertiary/aromatic N) is 1. The quantitative estimate of drug-likeness (QED) is 0.482. The van der Waals surface area contributed by atoms with E-state index < -0.39 is 22.5 Å². The zero-order valence-corrected chi connectivity index (χ0v) is 8.33. The summed E-state index contributed by atoms with van der Waals surface area (Å²) in [6, 6.07) is 0. The van der Waals surface area contributed by atoms with Crippen LogP contribution in [0.15, 0.2) is 12.7 Å². The molecule has 0 amide bonds. The Balaban J connectivity index is 4.73. The number of hydrogen-bond donors (Lipinski definition) is 1. The Morgan fingerprint density at radius 2 is 2.21 bits per heavy atom. The normalized spacial score (nSPS) is 10.9. The third kappa shape index (κ3) is 4.07. The molecule has 6 heteroatoms. The third-order valence-corrected chi connectivity index (χ3v) is 3.00. The molecule has 0 saturated carbocycles. The number of aliphatic carboxylic acids is 1. The van der Waals surface area contributed by atoms with Crippen molar-refractivity contribution in [3.8, 4) is 12.3 Å². The van der Waals surface area contributed by atoms with Crippen LogP contribution in [0.4, 0.5) is 0 Å². The third-order valence-electron chi connectivity index (χ3n) is 1.30. The van der Waals surface area contributed by atoms with Gasteiger partial charge in [0.2, 0.25) is 10.0 Å². The monoisotopic (exact) mass is 217 g/mol. The number of carboxylic acids is 1. The average molecular weight is 217 g/mol. The maximum Gasteiger partial charge on any atom is 0.318 e. The fourth-order valence-electron chi connectivity index (χ4n) is 0.760. The van der Waals surface area contributed by atoms with Crippen LogP contribution in [0.25, 0.3) is 0 Å². The zero-order valence-electron chi connectivity index (χ0n) is 7.51. The summed E-state index contributed by atoms with van der Waals surface area (Å²) in [6.07, 6.45) is 6.10. The van der Waals surface area contributed by atoms with E-state index in [1.807, 2.05) is 0 Å². The Morgan fingerprint density at radius 3 is 2.57 bits per heavy atom. The molecule has 0 aromatic carbocycles. The minimum atomic E-state index is -3.64. The first kappa shape index (κ1) is 12.7. The van der Waals surface area contributed by atoms with E-state index in [0.717, 1.165) is 4.31 Å². The van der Waals surface area contributed by atoms with E-state index in [-0.39, 0.29) is 12.3 Å². The Labute approximate surface area is 83.1 Å². The number of hydrogen-bond acceptors (Lipinski definition) is 3. The van der Waals surface area contributed by atoms with Crippen molar-refractivity contribution in [3.63, 3.8) is 0 Å². The largest absolute Gasteiger partial charge is 0.480 e. The number of carboxylic acid groups (broad SMARTS) is 1. The molecule has 0 unspecified atom stereocenters. The second-order valence-electron chi connectivity index (χ2n) is 2.43. The van der Waals surface area contributed by atoms with Crippen LogP contribution in [0.3, 0.4) is 0 Å². The molecule has 0 heterocycles. The van der Waals surface area contributed by atoms with Crippen molar-refractivity contribution in [2.45, 2.75) is 0 Å². The van der Waals surface area contributed by atoms with Gasteiger partial charge in [0.25, 0.3) is 0 Å². The van der Waals surface area contributed by atoms with Crippen LogP contribution in [0, 0.1) is 12.3 Å². The Kier molecular flexibility index (Phi) is 4.91. The Morgan fingerprint density at radius 1 is 1.64 bits per heavy atom. The summed E-state index contributed by atoms with van der Waals surface area (Å²) in [4.78, 5) is 10.3. The van der Waals surface area contributed by atoms with Crippen molar-refractivity contribution >= 4 is 16.0 Å². The number of rotatable bonds is 6. The molecule has 0 aromatic heterocycles. The summed E-state index contributed by atoms with van der Waals surface area (Å²) in [5.41, 5.74) is 0. The predicted molar refractivity (Wildman–Crippen MR) is 52.0 cm³/mol. The van der Waals surface area contributed by atoms with Crippen LogP contribution < -0.4 is 0 Å². The summed E-state index contributed by atoms with van der Waals surface area (Å²) >= 11 is 0. The predicted octanol–water partition coefficient (Wildman–Crippen LogP) is -0.478. The van der Waals surface area contributed by atoms with Crippen LogP contribution in [0.5, 0.6) is 0 Å². The second kappa shape index (κ2) is 5.42. The Hall–Kier alpha value is -1.32. The molecule has 0 bridgehead atoms. The van der Waals surface area contributed by atoms with Gasteiger partial charge in [0, 0.05) is 0 Å². The zero-order chi connectivity index (χ0) is 11.2. The van der Waals surface area contributed by atoms with Gasteiger partial charge in [-0.25, -0.2) is 8.42 Å². The van der Waals surface area contributed by atoms with Gasteiger partial charge >= 0.3 is 5.97 Å². The van der Waals surface area contributed by atoms with E-state index in [2.05, 4.69) is 12.5 Å².